The monoisotopic (exact) mass is 277 g/mol. The number of amides is 1. The number of benzene rings is 1. The molecular formula is C14H15NO5. The highest BCUT2D eigenvalue weighted by Gasteiger charge is 2.37. The Bertz CT molecular complexity index is 581. The molecule has 106 valence electrons. The van der Waals surface area contributed by atoms with Crippen molar-refractivity contribution in [2.24, 2.45) is 5.92 Å². The normalized spacial score (nSPS) is 18.2. The van der Waals surface area contributed by atoms with Crippen LogP contribution in [0.25, 0.3) is 0 Å². The first-order chi connectivity index (χ1) is 9.45. The summed E-state index contributed by atoms with van der Waals surface area (Å²) < 4.78 is 4.62. The largest absolute Gasteiger partial charge is 0.505 e. The van der Waals surface area contributed by atoms with Crippen LogP contribution in [-0.4, -0.2) is 36.4 Å². The maximum Gasteiger partial charge on any atom is 0.311 e. The Hall–Kier alpha value is -2.37. The Morgan fingerprint density at radius 1 is 1.40 bits per heavy atom. The number of phenols is 1. The number of ketones is 1. The fraction of sp³-hybridized carbons (Fsp3) is 0.357. The molecule has 1 saturated heterocycles. The molecule has 0 saturated carbocycles. The predicted octanol–water partition coefficient (Wildman–Crippen LogP) is 1.12. The van der Waals surface area contributed by atoms with Gasteiger partial charge in [0.25, 0.3) is 0 Å². The number of esters is 1. The number of aromatic hydroxyl groups is 1. The van der Waals surface area contributed by atoms with Gasteiger partial charge in [0.15, 0.2) is 5.78 Å². The average Bonchev–Trinajstić information content (AvgIpc) is 2.79. The van der Waals surface area contributed by atoms with Gasteiger partial charge < -0.3 is 14.7 Å². The summed E-state index contributed by atoms with van der Waals surface area (Å²) in [5.74, 6) is -1.81. The van der Waals surface area contributed by atoms with Crippen molar-refractivity contribution in [3.63, 3.8) is 0 Å². The first-order valence-electron chi connectivity index (χ1n) is 6.16. The van der Waals surface area contributed by atoms with E-state index in [0.29, 0.717) is 0 Å². The second kappa shape index (κ2) is 5.32. The second-order valence-corrected chi connectivity index (χ2v) is 4.66. The van der Waals surface area contributed by atoms with Gasteiger partial charge in [0.05, 0.1) is 24.3 Å². The van der Waals surface area contributed by atoms with Crippen LogP contribution < -0.4 is 4.90 Å². The molecule has 1 aliphatic heterocycles. The molecule has 1 heterocycles. The van der Waals surface area contributed by atoms with Crippen LogP contribution in [0.3, 0.4) is 0 Å². The van der Waals surface area contributed by atoms with E-state index in [2.05, 4.69) is 4.74 Å². The van der Waals surface area contributed by atoms with Crippen LogP contribution in [-0.2, 0) is 14.3 Å². The smallest absolute Gasteiger partial charge is 0.311 e. The summed E-state index contributed by atoms with van der Waals surface area (Å²) in [5.41, 5.74) is 0.394. The van der Waals surface area contributed by atoms with Gasteiger partial charge in [0.2, 0.25) is 5.91 Å². The van der Waals surface area contributed by atoms with Gasteiger partial charge in [-0.1, -0.05) is 6.07 Å². The van der Waals surface area contributed by atoms with Gasteiger partial charge in [0, 0.05) is 13.0 Å². The molecule has 0 spiro atoms. The highest BCUT2D eigenvalue weighted by atomic mass is 16.5. The molecule has 1 aliphatic rings. The molecule has 1 unspecified atom stereocenters. The number of rotatable bonds is 3. The van der Waals surface area contributed by atoms with Crippen molar-refractivity contribution in [2.45, 2.75) is 13.3 Å². The van der Waals surface area contributed by atoms with Crippen molar-refractivity contribution in [1.29, 1.82) is 0 Å². The van der Waals surface area contributed by atoms with Crippen molar-refractivity contribution >= 4 is 23.3 Å². The summed E-state index contributed by atoms with van der Waals surface area (Å²) in [5, 5.41) is 10.1. The van der Waals surface area contributed by atoms with Crippen LogP contribution in [0.5, 0.6) is 5.75 Å². The molecule has 20 heavy (non-hydrogen) atoms. The topological polar surface area (TPSA) is 83.9 Å². The molecule has 1 N–H and O–H groups in total. The molecule has 6 nitrogen and oxygen atoms in total. The van der Waals surface area contributed by atoms with E-state index >= 15 is 0 Å². The molecule has 0 aromatic heterocycles. The fourth-order valence-electron chi connectivity index (χ4n) is 2.30. The molecule has 6 heteroatoms. The number of ether oxygens (including phenoxy) is 1. The lowest BCUT2D eigenvalue weighted by Gasteiger charge is -2.18. The van der Waals surface area contributed by atoms with E-state index in [0.717, 1.165) is 0 Å². The Kier molecular flexibility index (Phi) is 3.74. The molecule has 2 rings (SSSR count). The highest BCUT2D eigenvalue weighted by Crippen LogP contribution is 2.35. The molecule has 0 bridgehead atoms. The van der Waals surface area contributed by atoms with Crippen molar-refractivity contribution in [3.05, 3.63) is 23.8 Å². The van der Waals surface area contributed by atoms with Gasteiger partial charge in [-0.15, -0.1) is 0 Å². The standard InChI is InChI=1S/C14H15NO5/c1-8(16)10-4-3-5-11(13(10)18)15-7-9(6-12(15)17)14(19)20-2/h3-5,9,18H,6-7H2,1-2H3. The number of anilines is 1. The Morgan fingerprint density at radius 3 is 2.70 bits per heavy atom. The van der Waals surface area contributed by atoms with Gasteiger partial charge in [-0.2, -0.15) is 0 Å². The third kappa shape index (κ3) is 2.36. The van der Waals surface area contributed by atoms with Crippen molar-refractivity contribution in [1.82, 2.24) is 0 Å². The highest BCUT2D eigenvalue weighted by molar-refractivity contribution is 6.04. The van der Waals surface area contributed by atoms with Crippen LogP contribution in [0.15, 0.2) is 18.2 Å². The Labute approximate surface area is 115 Å². The van der Waals surface area contributed by atoms with Crippen LogP contribution in [0.2, 0.25) is 0 Å². The van der Waals surface area contributed by atoms with E-state index in [1.165, 1.54) is 25.0 Å². The lowest BCUT2D eigenvalue weighted by molar-refractivity contribution is -0.145. The van der Waals surface area contributed by atoms with Crippen LogP contribution >= 0.6 is 0 Å². The molecule has 1 aromatic carbocycles. The number of hydrogen-bond donors (Lipinski definition) is 1. The van der Waals surface area contributed by atoms with E-state index in [-0.39, 0.29) is 41.7 Å². The number of phenolic OH excluding ortho intramolecular Hbond substituents is 1. The van der Waals surface area contributed by atoms with Crippen LogP contribution in [0, 0.1) is 5.92 Å². The van der Waals surface area contributed by atoms with Gasteiger partial charge in [-0.05, 0) is 19.1 Å². The quantitative estimate of drug-likeness (QED) is 0.661. The Morgan fingerprint density at radius 2 is 2.10 bits per heavy atom. The molecule has 1 fully saturated rings. The number of carbonyl (C=O) groups excluding carboxylic acids is 3. The number of Topliss-reactive ketones (excluding diaryl/α,β-unsaturated/α-hetero) is 1. The first-order valence-corrected chi connectivity index (χ1v) is 6.16. The Balaban J connectivity index is 2.33. The SMILES string of the molecule is COC(=O)C1CC(=O)N(c2cccc(C(C)=O)c2O)C1. The minimum absolute atomic E-state index is 0.0381. The number of hydrogen-bond acceptors (Lipinski definition) is 5. The number of nitrogens with zero attached hydrogens (tertiary/aromatic N) is 1. The summed E-state index contributed by atoms with van der Waals surface area (Å²) in [6.45, 7) is 1.47. The van der Waals surface area contributed by atoms with Gasteiger partial charge in [-0.3, -0.25) is 14.4 Å². The zero-order valence-corrected chi connectivity index (χ0v) is 11.3. The molecule has 1 atom stereocenters. The molecular weight excluding hydrogens is 262 g/mol. The molecule has 0 radical (unpaired) electrons. The van der Waals surface area contributed by atoms with E-state index in [1.54, 1.807) is 12.1 Å². The van der Waals surface area contributed by atoms with Gasteiger partial charge in [0.1, 0.15) is 5.75 Å². The average molecular weight is 277 g/mol. The lowest BCUT2D eigenvalue weighted by Crippen LogP contribution is -2.26. The van der Waals surface area contributed by atoms with E-state index < -0.39 is 11.9 Å². The van der Waals surface area contributed by atoms with Crippen molar-refractivity contribution in [2.75, 3.05) is 18.6 Å². The maximum absolute atomic E-state index is 12.0. The number of carbonyl (C=O) groups is 3. The molecule has 1 aromatic rings. The zero-order chi connectivity index (χ0) is 14.9. The minimum Gasteiger partial charge on any atom is -0.505 e. The van der Waals surface area contributed by atoms with E-state index in [1.807, 2.05) is 0 Å². The summed E-state index contributed by atoms with van der Waals surface area (Å²) in [7, 11) is 1.27. The number of para-hydroxylation sites is 1. The second-order valence-electron chi connectivity index (χ2n) is 4.66. The van der Waals surface area contributed by atoms with E-state index in [4.69, 9.17) is 0 Å². The van der Waals surface area contributed by atoms with Crippen LogP contribution in [0.4, 0.5) is 5.69 Å². The summed E-state index contributed by atoms with van der Waals surface area (Å²) in [6, 6.07) is 4.61. The van der Waals surface area contributed by atoms with Crippen LogP contribution in [0.1, 0.15) is 23.7 Å². The van der Waals surface area contributed by atoms with E-state index in [9.17, 15) is 19.5 Å². The fourth-order valence-corrected chi connectivity index (χ4v) is 2.30. The maximum atomic E-state index is 12.0. The molecule has 1 amide bonds. The summed E-state index contributed by atoms with van der Waals surface area (Å²) in [4.78, 5) is 36.1. The van der Waals surface area contributed by atoms with Gasteiger partial charge in [-0.25, -0.2) is 0 Å². The number of methoxy groups -OCH3 is 1. The summed E-state index contributed by atoms with van der Waals surface area (Å²) in [6.07, 6.45) is 0.0381. The van der Waals surface area contributed by atoms with Gasteiger partial charge >= 0.3 is 5.97 Å². The van der Waals surface area contributed by atoms with Crippen molar-refractivity contribution < 1.29 is 24.2 Å². The summed E-state index contributed by atoms with van der Waals surface area (Å²) >= 11 is 0. The zero-order valence-electron chi connectivity index (χ0n) is 11.3. The predicted molar refractivity (Wildman–Crippen MR) is 70.6 cm³/mol. The minimum atomic E-state index is -0.548. The molecule has 0 aliphatic carbocycles. The van der Waals surface area contributed by atoms with Crippen molar-refractivity contribution in [3.8, 4) is 5.75 Å². The lowest BCUT2D eigenvalue weighted by atomic mass is 10.1. The third-order valence-electron chi connectivity index (χ3n) is 3.34. The third-order valence-corrected chi connectivity index (χ3v) is 3.34. The first kappa shape index (κ1) is 14.0.